The Kier molecular flexibility index (Phi) is 33.8. The Morgan fingerprint density at radius 3 is 1.42 bits per heavy atom. The van der Waals surface area contributed by atoms with Crippen LogP contribution in [0, 0.1) is 0 Å². The van der Waals surface area contributed by atoms with Crippen molar-refractivity contribution in [1.29, 1.82) is 0 Å². The number of nitrogens with zero attached hydrogens (tertiary/aromatic N) is 1. The van der Waals surface area contributed by atoms with E-state index >= 15 is 0 Å². The molecule has 15 heteroatoms. The summed E-state index contributed by atoms with van der Waals surface area (Å²) in [5.74, 6) is -4.53. The van der Waals surface area contributed by atoms with Crippen molar-refractivity contribution in [3.05, 3.63) is 0 Å². The van der Waals surface area contributed by atoms with Crippen LogP contribution in [0.2, 0.25) is 0 Å². The lowest BCUT2D eigenvalue weighted by Gasteiger charge is -2.32. The van der Waals surface area contributed by atoms with E-state index in [0.29, 0.717) is 25.7 Å². The highest BCUT2D eigenvalue weighted by Crippen LogP contribution is 2.25. The minimum atomic E-state index is -2.54. The number of esters is 4. The van der Waals surface area contributed by atoms with Crippen LogP contribution < -0.4 is 0 Å². The Hall–Kier alpha value is -3.39. The summed E-state index contributed by atoms with van der Waals surface area (Å²) in [7, 11) is 0. The van der Waals surface area contributed by atoms with Crippen molar-refractivity contribution in [2.24, 2.45) is 0 Å². The van der Waals surface area contributed by atoms with E-state index in [9.17, 15) is 39.3 Å². The third-order valence-corrected chi connectivity index (χ3v) is 9.14. The van der Waals surface area contributed by atoms with Gasteiger partial charge in [0.1, 0.15) is 6.10 Å². The third-order valence-electron chi connectivity index (χ3n) is 9.14. The van der Waals surface area contributed by atoms with Crippen LogP contribution in [0.15, 0.2) is 0 Å². The number of aliphatic hydroxyl groups excluding tert-OH is 1. The molecule has 0 saturated carbocycles. The molecule has 0 aromatic heterocycles. The van der Waals surface area contributed by atoms with Crippen LogP contribution in [0.5, 0.6) is 0 Å². The fourth-order valence-electron chi connectivity index (χ4n) is 5.96. The van der Waals surface area contributed by atoms with E-state index in [4.69, 9.17) is 28.5 Å². The fourth-order valence-corrected chi connectivity index (χ4v) is 5.96. The van der Waals surface area contributed by atoms with Gasteiger partial charge in [-0.15, -0.1) is 0 Å². The molecule has 0 aliphatic rings. The van der Waals surface area contributed by atoms with Gasteiger partial charge in [-0.25, -0.2) is 9.59 Å². The van der Waals surface area contributed by atoms with Crippen molar-refractivity contribution in [2.75, 3.05) is 32.9 Å². The number of hydrogen-bond acceptors (Lipinski definition) is 14. The molecule has 0 aromatic carbocycles. The monoisotopic (exact) mass is 818 g/mol. The first kappa shape index (κ1) is 55.7. The second-order valence-electron chi connectivity index (χ2n) is 15.0. The van der Waals surface area contributed by atoms with Crippen LogP contribution in [0.25, 0.3) is 0 Å². The lowest BCUT2D eigenvalue weighted by Crippen LogP contribution is -2.49. The van der Waals surface area contributed by atoms with Gasteiger partial charge in [0, 0.05) is 6.54 Å². The van der Waals surface area contributed by atoms with Gasteiger partial charge < -0.3 is 39.2 Å². The molecule has 0 heterocycles. The first-order valence-corrected chi connectivity index (χ1v) is 21.2. The molecule has 4 unspecified atom stereocenters. The Bertz CT molecular complexity index is 1140. The average Bonchev–Trinajstić information content (AvgIpc) is 3.13. The molecular formula is C42H75NO14. The van der Waals surface area contributed by atoms with Crippen molar-refractivity contribution in [3.8, 4) is 0 Å². The summed E-state index contributed by atoms with van der Waals surface area (Å²) in [5, 5.41) is 33.1. The highest BCUT2D eigenvalue weighted by atomic mass is 16.6. The summed E-state index contributed by atoms with van der Waals surface area (Å²) >= 11 is 0. The van der Waals surface area contributed by atoms with Gasteiger partial charge in [-0.3, -0.25) is 14.4 Å². The van der Waals surface area contributed by atoms with Crippen molar-refractivity contribution in [1.82, 2.24) is 4.90 Å². The lowest BCUT2D eigenvalue weighted by molar-refractivity contribution is -0.192. The Labute approximate surface area is 340 Å². The molecule has 332 valence electrons. The molecular weight excluding hydrogens is 742 g/mol. The molecule has 1 amide bonds. The van der Waals surface area contributed by atoms with E-state index in [1.165, 1.54) is 18.7 Å². The molecule has 0 spiro atoms. The third kappa shape index (κ3) is 28.6. The van der Waals surface area contributed by atoms with E-state index in [0.717, 1.165) is 83.5 Å². The topological polar surface area (TPSA) is 220 Å². The molecule has 0 rings (SSSR count). The molecule has 0 aromatic rings. The van der Waals surface area contributed by atoms with E-state index in [1.807, 2.05) is 6.92 Å². The number of carbonyl (C=O) groups excluding carboxylic acids is 7. The second kappa shape index (κ2) is 34.6. The van der Waals surface area contributed by atoms with Gasteiger partial charge in [-0.2, -0.15) is 9.59 Å². The first-order chi connectivity index (χ1) is 27.1. The molecule has 0 saturated heterocycles. The van der Waals surface area contributed by atoms with Crippen molar-refractivity contribution in [3.63, 3.8) is 0 Å². The normalized spacial score (nSPS) is 14.0. The summed E-state index contributed by atoms with van der Waals surface area (Å²) in [6.45, 7) is 11.0. The molecule has 15 nitrogen and oxygen atoms in total. The average molecular weight is 818 g/mol. The highest BCUT2D eigenvalue weighted by molar-refractivity contribution is 5.90. The van der Waals surface area contributed by atoms with E-state index in [2.05, 4.69) is 20.8 Å². The van der Waals surface area contributed by atoms with Crippen LogP contribution in [0.4, 0.5) is 0 Å². The minimum absolute atomic E-state index is 0.00651. The minimum Gasteiger partial charge on any atom is -0.466 e. The van der Waals surface area contributed by atoms with Gasteiger partial charge in [-0.05, 0) is 46.0 Å². The maximum Gasteiger partial charge on any atom is 0.373 e. The number of ether oxygens (including phenoxy) is 4. The Morgan fingerprint density at radius 1 is 0.561 bits per heavy atom. The van der Waals surface area contributed by atoms with E-state index < -0.39 is 72.5 Å². The number of hydrogen-bond donors (Lipinski definition) is 3. The summed E-state index contributed by atoms with van der Waals surface area (Å²) in [6, 6.07) is 0. The predicted octanol–water partition coefficient (Wildman–Crippen LogP) is 5.91. The molecule has 57 heavy (non-hydrogen) atoms. The predicted molar refractivity (Wildman–Crippen MR) is 211 cm³/mol. The first-order valence-electron chi connectivity index (χ1n) is 21.2. The molecule has 0 bridgehead atoms. The van der Waals surface area contributed by atoms with Crippen LogP contribution in [0.1, 0.15) is 176 Å². The summed E-state index contributed by atoms with van der Waals surface area (Å²) < 4.78 is 21.4. The zero-order chi connectivity index (χ0) is 43.5. The summed E-state index contributed by atoms with van der Waals surface area (Å²) in [5.41, 5.74) is -4.62. The van der Waals surface area contributed by atoms with E-state index in [-0.39, 0.29) is 45.5 Å². The zero-order valence-corrected chi connectivity index (χ0v) is 35.8. The number of unbranched alkanes of at least 4 members (excludes halogenated alkanes) is 13. The van der Waals surface area contributed by atoms with Crippen molar-refractivity contribution >= 4 is 35.9 Å². The SMILES string of the molecule is CCCCCCCC(O)(CC(=O)N(CC(C)O)CC(C)OC(=O)CC(O)(CC(=O)OCCCCCC)C(=O)OCCCCCC)C(=O)OCCCCCC.O=C=O. The van der Waals surface area contributed by atoms with E-state index in [1.54, 1.807) is 0 Å². The highest BCUT2D eigenvalue weighted by Gasteiger charge is 2.44. The van der Waals surface area contributed by atoms with Crippen LogP contribution >= 0.6 is 0 Å². The van der Waals surface area contributed by atoms with Crippen LogP contribution in [0.3, 0.4) is 0 Å². The quantitative estimate of drug-likeness (QED) is 0.0391. The molecule has 3 N–H and O–H groups in total. The molecule has 0 aliphatic carbocycles. The summed E-state index contributed by atoms with van der Waals surface area (Å²) in [4.78, 5) is 83.2. The van der Waals surface area contributed by atoms with Gasteiger partial charge >= 0.3 is 30.0 Å². The number of carbonyl (C=O) groups is 5. The number of rotatable bonds is 34. The number of amides is 1. The van der Waals surface area contributed by atoms with Crippen LogP contribution in [-0.2, 0) is 52.5 Å². The largest absolute Gasteiger partial charge is 0.466 e. The van der Waals surface area contributed by atoms with Gasteiger partial charge in [0.15, 0.2) is 11.2 Å². The standard InChI is InChI=1S/C41H75NO12.CO2/c1-7-11-15-19-20-24-40(49,38(47)52-26-22-17-13-9-3)28-35(44)42(31-33(5)43)32-34(6)54-37(46)30-41(50,39(48)53-27-23-18-14-10-4)29-36(45)51-25-21-16-12-8-2;2-1-3/h33-34,43,49-50H,7-32H2,1-6H3;. The fraction of sp³-hybridized carbons (Fsp3) is 0.857. The zero-order valence-electron chi connectivity index (χ0n) is 35.8. The van der Waals surface area contributed by atoms with Crippen molar-refractivity contribution in [2.45, 2.75) is 200 Å². The number of aliphatic hydroxyl groups is 3. The summed E-state index contributed by atoms with van der Waals surface area (Å²) in [6.07, 6.45) is 10.5. The Morgan fingerprint density at radius 2 is 0.965 bits per heavy atom. The Balaban J connectivity index is 0. The van der Waals surface area contributed by atoms with Gasteiger partial charge in [0.2, 0.25) is 5.91 Å². The maximum absolute atomic E-state index is 13.7. The lowest BCUT2D eigenvalue weighted by atomic mass is 9.91. The molecule has 0 fully saturated rings. The van der Waals surface area contributed by atoms with Crippen molar-refractivity contribution < 1.29 is 67.8 Å². The second-order valence-corrected chi connectivity index (χ2v) is 15.0. The molecule has 0 aliphatic heterocycles. The molecule has 0 radical (unpaired) electrons. The smallest absolute Gasteiger partial charge is 0.373 e. The van der Waals surface area contributed by atoms with Crippen LogP contribution in [-0.4, -0.2) is 112 Å². The van der Waals surface area contributed by atoms with Gasteiger partial charge in [0.25, 0.3) is 0 Å². The van der Waals surface area contributed by atoms with Gasteiger partial charge in [0.05, 0.1) is 51.7 Å². The maximum atomic E-state index is 13.7. The van der Waals surface area contributed by atoms with Gasteiger partial charge in [-0.1, -0.05) is 111 Å². The molecule has 4 atom stereocenters.